The monoisotopic (exact) mass is 212 g/mol. The van der Waals surface area contributed by atoms with Crippen LogP contribution < -0.4 is 4.70 Å². The Morgan fingerprint density at radius 1 is 0.800 bits per heavy atom. The predicted molar refractivity (Wildman–Crippen MR) is 61.8 cm³/mol. The van der Waals surface area contributed by atoms with E-state index in [0.29, 0.717) is 0 Å². The highest BCUT2D eigenvalue weighted by Crippen LogP contribution is 2.45. The van der Waals surface area contributed by atoms with Crippen LogP contribution in [0.4, 0.5) is 11.4 Å². The third kappa shape index (κ3) is 1.27. The first-order valence-electron chi connectivity index (χ1n) is 4.71. The topological polar surface area (TPSA) is 25.3 Å². The fourth-order valence-electron chi connectivity index (χ4n) is 1.69. The van der Waals surface area contributed by atoms with Crippen LogP contribution >= 0.6 is 11.8 Å². The van der Waals surface area contributed by atoms with Crippen LogP contribution in [-0.2, 0) is 0 Å². The van der Waals surface area contributed by atoms with Gasteiger partial charge >= 0.3 is 0 Å². The lowest BCUT2D eigenvalue weighted by Gasteiger charge is -2.17. The van der Waals surface area contributed by atoms with Crippen LogP contribution in [0.1, 0.15) is 0 Å². The van der Waals surface area contributed by atoms with Gasteiger partial charge in [-0.05, 0) is 12.1 Å². The molecule has 0 saturated carbocycles. The molecular formula is C12H8N2S. The lowest BCUT2D eigenvalue weighted by molar-refractivity contribution is 0.979. The highest BCUT2D eigenvalue weighted by Gasteiger charge is 2.23. The summed E-state index contributed by atoms with van der Waals surface area (Å²) in [6.07, 6.45) is 0. The molecule has 2 nitrogen and oxygen atoms in total. The van der Waals surface area contributed by atoms with E-state index in [2.05, 4.69) is 0 Å². The molecule has 2 aromatic carbocycles. The van der Waals surface area contributed by atoms with E-state index >= 15 is 0 Å². The normalized spacial score (nSPS) is 13.2. The minimum absolute atomic E-state index is 0.848. The van der Waals surface area contributed by atoms with E-state index in [-0.39, 0.29) is 0 Å². The minimum atomic E-state index is 0.848. The first-order valence-corrected chi connectivity index (χ1v) is 5.53. The highest BCUT2D eigenvalue weighted by atomic mass is 32.2. The standard InChI is InChI=1S/C12H8N2S/c13-14-9-5-1-3-7-11(9)15-12-8-4-2-6-10(12)14/h1-8H. The van der Waals surface area contributed by atoms with Crippen LogP contribution in [0.3, 0.4) is 0 Å². The molecule has 0 fully saturated rings. The molecule has 0 atom stereocenters. The Morgan fingerprint density at radius 2 is 1.27 bits per heavy atom. The van der Waals surface area contributed by atoms with Crippen molar-refractivity contribution >= 4 is 23.1 Å². The van der Waals surface area contributed by atoms with Crippen molar-refractivity contribution in [3.63, 3.8) is 0 Å². The molecule has 0 radical (unpaired) electrons. The summed E-state index contributed by atoms with van der Waals surface area (Å²) in [5.74, 6) is 0. The maximum absolute atomic E-state index is 10.0. The van der Waals surface area contributed by atoms with Gasteiger partial charge in [-0.1, -0.05) is 36.0 Å². The summed E-state index contributed by atoms with van der Waals surface area (Å²) < 4.78 is 1.25. The first kappa shape index (κ1) is 8.68. The molecule has 0 aromatic heterocycles. The summed E-state index contributed by atoms with van der Waals surface area (Å²) >= 11 is 1.68. The molecule has 72 valence electrons. The predicted octanol–water partition coefficient (Wildman–Crippen LogP) is 4.01. The molecule has 1 aliphatic heterocycles. The molecule has 0 N–H and O–H groups in total. The Labute approximate surface area is 92.1 Å². The first-order chi connectivity index (χ1) is 7.36. The third-order valence-corrected chi connectivity index (χ3v) is 3.54. The molecule has 3 heteroatoms. The molecule has 1 aliphatic rings. The number of fused-ring (bicyclic) bond motifs is 2. The smallest absolute Gasteiger partial charge is 0.214 e. The van der Waals surface area contributed by atoms with Crippen LogP contribution in [0, 0.1) is 0 Å². The minimum Gasteiger partial charge on any atom is -0.493 e. The van der Waals surface area contributed by atoms with Crippen molar-refractivity contribution in [1.82, 2.24) is 4.70 Å². The summed E-state index contributed by atoms with van der Waals surface area (Å²) in [7, 11) is 0. The highest BCUT2D eigenvalue weighted by molar-refractivity contribution is 7.99. The van der Waals surface area contributed by atoms with E-state index in [1.54, 1.807) is 11.8 Å². The van der Waals surface area contributed by atoms with Gasteiger partial charge in [0.05, 0.1) is 9.79 Å². The van der Waals surface area contributed by atoms with Gasteiger partial charge < -0.3 is 5.53 Å². The van der Waals surface area contributed by atoms with E-state index in [4.69, 9.17) is 0 Å². The Bertz CT molecular complexity index is 501. The van der Waals surface area contributed by atoms with Crippen LogP contribution in [0.5, 0.6) is 0 Å². The number of nitrogens with zero attached hydrogens (tertiary/aromatic N) is 2. The Kier molecular flexibility index (Phi) is 1.86. The maximum Gasteiger partial charge on any atom is 0.214 e. The van der Waals surface area contributed by atoms with Gasteiger partial charge in [-0.15, -0.1) is 0 Å². The average molecular weight is 212 g/mol. The van der Waals surface area contributed by atoms with Gasteiger partial charge in [0.1, 0.15) is 0 Å². The second-order valence-electron chi connectivity index (χ2n) is 3.35. The van der Waals surface area contributed by atoms with Gasteiger partial charge in [0, 0.05) is 12.1 Å². The van der Waals surface area contributed by atoms with Gasteiger partial charge in [-0.3, -0.25) is 0 Å². The van der Waals surface area contributed by atoms with Crippen molar-refractivity contribution in [2.45, 2.75) is 9.79 Å². The van der Waals surface area contributed by atoms with Gasteiger partial charge in [-0.2, -0.15) is 0 Å². The summed E-state index contributed by atoms with van der Waals surface area (Å²) in [6, 6.07) is 15.7. The second kappa shape index (κ2) is 3.21. The number of benzene rings is 2. The van der Waals surface area contributed by atoms with Crippen LogP contribution in [-0.4, -0.2) is 0 Å². The SMILES string of the molecule is [N-]=[N+]1c2ccccc2Sc2ccccc21. The van der Waals surface area contributed by atoms with E-state index in [9.17, 15) is 5.53 Å². The number of rotatable bonds is 0. The number of hydrogen-bond donors (Lipinski definition) is 0. The average Bonchev–Trinajstić information content (AvgIpc) is 2.30. The van der Waals surface area contributed by atoms with Crippen molar-refractivity contribution in [2.24, 2.45) is 0 Å². The van der Waals surface area contributed by atoms with Gasteiger partial charge in [0.15, 0.2) is 0 Å². The van der Waals surface area contributed by atoms with Crippen LogP contribution in [0.15, 0.2) is 58.3 Å². The molecule has 15 heavy (non-hydrogen) atoms. The van der Waals surface area contributed by atoms with Crippen molar-refractivity contribution in [3.05, 3.63) is 54.1 Å². The molecule has 3 rings (SSSR count). The van der Waals surface area contributed by atoms with Crippen molar-refractivity contribution in [1.29, 1.82) is 0 Å². The zero-order valence-electron chi connectivity index (χ0n) is 7.92. The van der Waals surface area contributed by atoms with E-state index < -0.39 is 0 Å². The molecule has 0 amide bonds. The maximum atomic E-state index is 10.0. The zero-order valence-corrected chi connectivity index (χ0v) is 8.74. The zero-order chi connectivity index (χ0) is 10.3. The van der Waals surface area contributed by atoms with Crippen molar-refractivity contribution in [3.8, 4) is 0 Å². The summed E-state index contributed by atoms with van der Waals surface area (Å²) in [5.41, 5.74) is 11.7. The number of para-hydroxylation sites is 2. The Balaban J connectivity index is 2.24. The lowest BCUT2D eigenvalue weighted by atomic mass is 10.2. The molecule has 2 aromatic rings. The Hall–Kier alpha value is -1.61. The lowest BCUT2D eigenvalue weighted by Crippen LogP contribution is -2.03. The fourth-order valence-corrected chi connectivity index (χ4v) is 2.73. The fraction of sp³-hybridized carbons (Fsp3) is 0. The van der Waals surface area contributed by atoms with Gasteiger partial charge in [-0.25, -0.2) is 4.70 Å². The van der Waals surface area contributed by atoms with Crippen LogP contribution in [0.25, 0.3) is 5.53 Å². The number of hydrogen-bond acceptors (Lipinski definition) is 1. The molecule has 0 aliphatic carbocycles. The van der Waals surface area contributed by atoms with Crippen molar-refractivity contribution < 1.29 is 0 Å². The summed E-state index contributed by atoms with van der Waals surface area (Å²) in [5, 5.41) is 0. The Morgan fingerprint density at radius 3 is 1.80 bits per heavy atom. The molecule has 0 bridgehead atoms. The van der Waals surface area contributed by atoms with E-state index in [0.717, 1.165) is 21.2 Å². The second-order valence-corrected chi connectivity index (χ2v) is 4.43. The molecule has 1 heterocycles. The molecule has 0 spiro atoms. The largest absolute Gasteiger partial charge is 0.493 e. The molecule has 0 unspecified atom stereocenters. The van der Waals surface area contributed by atoms with Crippen molar-refractivity contribution in [2.75, 3.05) is 0 Å². The van der Waals surface area contributed by atoms with Crippen LogP contribution in [0.2, 0.25) is 0 Å². The molecular weight excluding hydrogens is 204 g/mol. The quantitative estimate of drug-likeness (QED) is 0.517. The van der Waals surface area contributed by atoms with Gasteiger partial charge in [0.25, 0.3) is 0 Å². The third-order valence-electron chi connectivity index (χ3n) is 2.41. The summed E-state index contributed by atoms with van der Waals surface area (Å²) in [6.45, 7) is 0. The molecule has 0 saturated heterocycles. The van der Waals surface area contributed by atoms with E-state index in [1.165, 1.54) is 4.70 Å². The van der Waals surface area contributed by atoms with Gasteiger partial charge in [0.2, 0.25) is 11.4 Å². The van der Waals surface area contributed by atoms with E-state index in [1.807, 2.05) is 48.5 Å². The summed E-state index contributed by atoms with van der Waals surface area (Å²) in [4.78, 5) is 2.16.